The summed E-state index contributed by atoms with van der Waals surface area (Å²) in [5.41, 5.74) is 17.9. The van der Waals surface area contributed by atoms with Crippen LogP contribution in [0, 0.1) is 0 Å². The number of fused-ring (bicyclic) bond motifs is 14. The average molecular weight is 742 g/mol. The number of anilines is 3. The first-order valence-corrected chi connectivity index (χ1v) is 20.3. The van der Waals surface area contributed by atoms with Crippen LogP contribution in [0.3, 0.4) is 0 Å². The molecule has 2 aliphatic carbocycles. The van der Waals surface area contributed by atoms with Gasteiger partial charge in [-0.2, -0.15) is 0 Å². The number of hydrogen-bond acceptors (Lipinski definition) is 2. The SMILES string of the molecule is CC1(C)c2ccccc2-c2ccc(N(c3ccc(-c4ccccc4)cc3)c3ccc4c(c3)-c3ccccc3C43c4ccccc4Oc4ccc5ccccc5c43)cc21. The van der Waals surface area contributed by atoms with Gasteiger partial charge in [0.1, 0.15) is 11.5 Å². The minimum absolute atomic E-state index is 0.124. The molecule has 0 N–H and O–H groups in total. The van der Waals surface area contributed by atoms with Crippen molar-refractivity contribution in [2.45, 2.75) is 24.7 Å². The number of benzene rings is 9. The first-order chi connectivity index (χ1) is 28.5. The van der Waals surface area contributed by atoms with Gasteiger partial charge in [-0.3, -0.25) is 0 Å². The van der Waals surface area contributed by atoms with E-state index in [0.29, 0.717) is 0 Å². The Hall–Kier alpha value is -7.16. The van der Waals surface area contributed by atoms with Gasteiger partial charge >= 0.3 is 0 Å². The lowest BCUT2D eigenvalue weighted by Gasteiger charge is -2.40. The van der Waals surface area contributed by atoms with Crippen LogP contribution < -0.4 is 9.64 Å². The molecule has 1 heterocycles. The van der Waals surface area contributed by atoms with Crippen molar-refractivity contribution in [1.29, 1.82) is 0 Å². The molecule has 1 atom stereocenters. The van der Waals surface area contributed by atoms with E-state index in [-0.39, 0.29) is 5.41 Å². The summed E-state index contributed by atoms with van der Waals surface area (Å²) in [6, 6.07) is 73.6. The second kappa shape index (κ2) is 12.2. The zero-order chi connectivity index (χ0) is 38.6. The molecule has 2 nitrogen and oxygen atoms in total. The van der Waals surface area contributed by atoms with Gasteiger partial charge in [0.25, 0.3) is 0 Å². The molecule has 9 aromatic rings. The predicted molar refractivity (Wildman–Crippen MR) is 239 cm³/mol. The second-order valence-electron chi connectivity index (χ2n) is 16.4. The zero-order valence-corrected chi connectivity index (χ0v) is 32.4. The molecule has 0 saturated carbocycles. The molecule has 1 aliphatic heterocycles. The topological polar surface area (TPSA) is 12.5 Å². The van der Waals surface area contributed by atoms with Gasteiger partial charge in [0, 0.05) is 33.6 Å². The van der Waals surface area contributed by atoms with Gasteiger partial charge in [-0.1, -0.05) is 166 Å². The molecule has 2 heteroatoms. The molecular formula is C56H39NO. The molecule has 274 valence electrons. The summed E-state index contributed by atoms with van der Waals surface area (Å²) in [5, 5.41) is 2.42. The number of nitrogens with zero attached hydrogens (tertiary/aromatic N) is 1. The molecule has 0 bridgehead atoms. The van der Waals surface area contributed by atoms with Crippen molar-refractivity contribution in [3.63, 3.8) is 0 Å². The van der Waals surface area contributed by atoms with Crippen LogP contribution in [0.1, 0.15) is 47.2 Å². The highest BCUT2D eigenvalue weighted by Crippen LogP contribution is 2.64. The van der Waals surface area contributed by atoms with Crippen LogP contribution in [0.5, 0.6) is 11.5 Å². The highest BCUT2D eigenvalue weighted by molar-refractivity contribution is 5.98. The van der Waals surface area contributed by atoms with E-state index < -0.39 is 5.41 Å². The van der Waals surface area contributed by atoms with E-state index in [1.165, 1.54) is 77.5 Å². The first-order valence-electron chi connectivity index (χ1n) is 20.3. The lowest BCUT2D eigenvalue weighted by molar-refractivity contribution is 0.438. The number of para-hydroxylation sites is 1. The summed E-state index contributed by atoms with van der Waals surface area (Å²) < 4.78 is 6.79. The van der Waals surface area contributed by atoms with E-state index in [9.17, 15) is 0 Å². The van der Waals surface area contributed by atoms with Crippen LogP contribution in [-0.4, -0.2) is 0 Å². The Labute approximate surface area is 339 Å². The van der Waals surface area contributed by atoms with Crippen molar-refractivity contribution >= 4 is 27.8 Å². The van der Waals surface area contributed by atoms with Crippen LogP contribution in [0.15, 0.2) is 200 Å². The Bertz CT molecular complexity index is 3120. The van der Waals surface area contributed by atoms with E-state index in [4.69, 9.17) is 4.74 Å². The lowest BCUT2D eigenvalue weighted by Crippen LogP contribution is -2.32. The lowest BCUT2D eigenvalue weighted by atomic mass is 9.65. The standard InChI is InChI=1S/C56H39NO/c1-55(2)47-20-10-8-18-43(47)45-31-29-41(35-51(45)55)57(39-27-24-37(25-28-39)36-14-4-3-5-15-36)40-30-32-49-46(34-40)44-19-9-11-21-48(44)56(49)50-22-12-13-23-52(50)58-53-33-26-38-16-6-7-17-42(38)54(53)56/h3-35H,1-2H3. The second-order valence-corrected chi connectivity index (χ2v) is 16.4. The van der Waals surface area contributed by atoms with Crippen LogP contribution in [0.2, 0.25) is 0 Å². The fourth-order valence-electron chi connectivity index (χ4n) is 10.5. The van der Waals surface area contributed by atoms with Gasteiger partial charge in [-0.15, -0.1) is 0 Å². The maximum atomic E-state index is 6.79. The van der Waals surface area contributed by atoms with E-state index in [0.717, 1.165) is 28.6 Å². The largest absolute Gasteiger partial charge is 0.457 e. The number of rotatable bonds is 4. The summed E-state index contributed by atoms with van der Waals surface area (Å²) in [4.78, 5) is 2.45. The van der Waals surface area contributed by atoms with E-state index >= 15 is 0 Å². The van der Waals surface area contributed by atoms with E-state index in [2.05, 4.69) is 219 Å². The van der Waals surface area contributed by atoms with Gasteiger partial charge in [-0.25, -0.2) is 0 Å². The summed E-state index contributed by atoms with van der Waals surface area (Å²) >= 11 is 0. The molecule has 1 unspecified atom stereocenters. The van der Waals surface area contributed by atoms with Crippen molar-refractivity contribution < 1.29 is 4.74 Å². The van der Waals surface area contributed by atoms with Gasteiger partial charge in [-0.05, 0) is 115 Å². The smallest absolute Gasteiger partial charge is 0.132 e. The monoisotopic (exact) mass is 741 g/mol. The van der Waals surface area contributed by atoms with Gasteiger partial charge in [0.15, 0.2) is 0 Å². The summed E-state index contributed by atoms with van der Waals surface area (Å²) in [6.45, 7) is 4.72. The maximum absolute atomic E-state index is 6.79. The Morgan fingerprint density at radius 2 is 0.966 bits per heavy atom. The third-order valence-electron chi connectivity index (χ3n) is 13.1. The van der Waals surface area contributed by atoms with Crippen molar-refractivity contribution in [1.82, 2.24) is 0 Å². The van der Waals surface area contributed by atoms with Crippen LogP contribution in [0.25, 0.3) is 44.2 Å². The Balaban J connectivity index is 1.10. The van der Waals surface area contributed by atoms with Crippen molar-refractivity contribution in [3.8, 4) is 44.9 Å². The first kappa shape index (κ1) is 33.0. The van der Waals surface area contributed by atoms with Gasteiger partial charge < -0.3 is 9.64 Å². The molecule has 12 rings (SSSR count). The molecule has 1 spiro atoms. The zero-order valence-electron chi connectivity index (χ0n) is 32.4. The molecule has 0 fully saturated rings. The van der Waals surface area contributed by atoms with E-state index in [1.54, 1.807) is 0 Å². The van der Waals surface area contributed by atoms with Crippen LogP contribution in [-0.2, 0) is 10.8 Å². The molecule has 0 aromatic heterocycles. The summed E-state index contributed by atoms with van der Waals surface area (Å²) in [6.07, 6.45) is 0. The molecule has 3 aliphatic rings. The molecule has 9 aromatic carbocycles. The average Bonchev–Trinajstić information content (AvgIpc) is 3.69. The normalized spacial score (nSPS) is 16.1. The number of ether oxygens (including phenoxy) is 1. The molecule has 0 saturated heterocycles. The van der Waals surface area contributed by atoms with E-state index in [1.807, 2.05) is 0 Å². The molecule has 0 amide bonds. The Morgan fingerprint density at radius 3 is 1.79 bits per heavy atom. The Kier molecular flexibility index (Phi) is 6.93. The van der Waals surface area contributed by atoms with Crippen LogP contribution in [0.4, 0.5) is 17.1 Å². The third-order valence-corrected chi connectivity index (χ3v) is 13.1. The maximum Gasteiger partial charge on any atom is 0.132 e. The highest BCUT2D eigenvalue weighted by Gasteiger charge is 2.52. The summed E-state index contributed by atoms with van der Waals surface area (Å²) in [7, 11) is 0. The fraction of sp³-hybridized carbons (Fsp3) is 0.0714. The predicted octanol–water partition coefficient (Wildman–Crippen LogP) is 14.8. The van der Waals surface area contributed by atoms with Crippen molar-refractivity contribution in [2.75, 3.05) is 4.90 Å². The summed E-state index contributed by atoms with van der Waals surface area (Å²) in [5.74, 6) is 1.81. The Morgan fingerprint density at radius 1 is 0.379 bits per heavy atom. The molecular weight excluding hydrogens is 703 g/mol. The highest BCUT2D eigenvalue weighted by atomic mass is 16.5. The van der Waals surface area contributed by atoms with Gasteiger partial charge in [0.05, 0.1) is 5.41 Å². The third kappa shape index (κ3) is 4.49. The quantitative estimate of drug-likeness (QED) is 0.178. The van der Waals surface area contributed by atoms with Crippen molar-refractivity contribution in [2.24, 2.45) is 0 Å². The molecule has 58 heavy (non-hydrogen) atoms. The van der Waals surface area contributed by atoms with Gasteiger partial charge in [0.2, 0.25) is 0 Å². The fourth-order valence-corrected chi connectivity index (χ4v) is 10.5. The minimum atomic E-state index is -0.568. The molecule has 0 radical (unpaired) electrons. The van der Waals surface area contributed by atoms with Crippen molar-refractivity contribution in [3.05, 3.63) is 234 Å². The van der Waals surface area contributed by atoms with Crippen LogP contribution >= 0.6 is 0 Å². The minimum Gasteiger partial charge on any atom is -0.457 e. The number of hydrogen-bond donors (Lipinski definition) is 0.